The number of hydrogen-bond acceptors (Lipinski definition) is 0. The van der Waals surface area contributed by atoms with Crippen molar-refractivity contribution in [2.24, 2.45) is 0 Å². The molecule has 1 aromatic carbocycles. The molecule has 0 unspecified atom stereocenters. The molecular weight excluding hydrogens is 205 g/mol. The fourth-order valence-corrected chi connectivity index (χ4v) is 1.56. The Kier molecular flexibility index (Phi) is 2.30. The molecule has 1 aromatic heterocycles. The molecular formula is C10H6Cl2N. The summed E-state index contributed by atoms with van der Waals surface area (Å²) in [5.74, 6) is 0. The first kappa shape index (κ1) is 8.67. The number of halogens is 2. The van der Waals surface area contributed by atoms with Gasteiger partial charge in [0.25, 0.3) is 0 Å². The van der Waals surface area contributed by atoms with E-state index in [1.807, 2.05) is 24.3 Å². The third-order valence-corrected chi connectivity index (χ3v) is 2.35. The Labute approximate surface area is 86.5 Å². The molecule has 0 spiro atoms. The fourth-order valence-electron chi connectivity index (χ4n) is 1.13. The molecule has 13 heavy (non-hydrogen) atoms. The van der Waals surface area contributed by atoms with E-state index in [1.54, 1.807) is 16.7 Å². The number of aromatic nitrogens is 1. The Balaban J connectivity index is 2.59. The van der Waals surface area contributed by atoms with Crippen LogP contribution in [-0.2, 0) is 0 Å². The maximum Gasteiger partial charge on any atom is 0.114 e. The molecule has 3 heteroatoms. The lowest BCUT2D eigenvalue weighted by atomic mass is 10.3. The van der Waals surface area contributed by atoms with E-state index >= 15 is 0 Å². The molecule has 0 N–H and O–H groups in total. The van der Waals surface area contributed by atoms with Gasteiger partial charge in [-0.3, -0.25) is 4.57 Å². The minimum absolute atomic E-state index is 0.605. The average molecular weight is 211 g/mol. The van der Waals surface area contributed by atoms with E-state index in [-0.39, 0.29) is 0 Å². The van der Waals surface area contributed by atoms with E-state index in [1.165, 1.54) is 0 Å². The van der Waals surface area contributed by atoms with Gasteiger partial charge in [0.1, 0.15) is 5.15 Å². The predicted octanol–water partition coefficient (Wildman–Crippen LogP) is 3.58. The largest absolute Gasteiger partial charge is 0.297 e. The highest BCUT2D eigenvalue weighted by Gasteiger charge is 2.03. The summed E-state index contributed by atoms with van der Waals surface area (Å²) in [6, 6.07) is 11.0. The van der Waals surface area contributed by atoms with E-state index in [0.29, 0.717) is 10.2 Å². The van der Waals surface area contributed by atoms with Gasteiger partial charge in [0, 0.05) is 0 Å². The number of para-hydroxylation sites is 1. The number of benzene rings is 1. The molecule has 65 valence electrons. The van der Waals surface area contributed by atoms with Crippen molar-refractivity contribution in [1.82, 2.24) is 4.57 Å². The van der Waals surface area contributed by atoms with Gasteiger partial charge in [0.15, 0.2) is 0 Å². The van der Waals surface area contributed by atoms with E-state index in [4.69, 9.17) is 23.2 Å². The van der Waals surface area contributed by atoms with Crippen molar-refractivity contribution in [2.75, 3.05) is 0 Å². The van der Waals surface area contributed by atoms with E-state index < -0.39 is 0 Å². The van der Waals surface area contributed by atoms with Crippen LogP contribution in [0.3, 0.4) is 0 Å². The first-order valence-electron chi connectivity index (χ1n) is 3.79. The normalized spacial score (nSPS) is 10.3. The molecule has 0 amide bonds. The molecule has 0 atom stereocenters. The topological polar surface area (TPSA) is 4.93 Å². The summed E-state index contributed by atoms with van der Waals surface area (Å²) < 4.78 is 1.71. The molecule has 1 radical (unpaired) electrons. The Bertz CT molecular complexity index is 420. The van der Waals surface area contributed by atoms with Gasteiger partial charge < -0.3 is 0 Å². The van der Waals surface area contributed by atoms with Crippen molar-refractivity contribution < 1.29 is 0 Å². The van der Waals surface area contributed by atoms with Crippen molar-refractivity contribution in [1.29, 1.82) is 0 Å². The first-order chi connectivity index (χ1) is 6.29. The van der Waals surface area contributed by atoms with E-state index in [9.17, 15) is 0 Å². The van der Waals surface area contributed by atoms with Crippen molar-refractivity contribution in [3.05, 3.63) is 52.8 Å². The Morgan fingerprint density at radius 2 is 1.85 bits per heavy atom. The smallest absolute Gasteiger partial charge is 0.114 e. The molecule has 0 aliphatic carbocycles. The summed E-state index contributed by atoms with van der Waals surface area (Å²) in [5, 5.41) is 1.27. The summed E-state index contributed by atoms with van der Waals surface area (Å²) in [4.78, 5) is 0. The predicted molar refractivity (Wildman–Crippen MR) is 54.6 cm³/mol. The Hall–Kier alpha value is -0.920. The molecule has 0 saturated carbocycles. The standard InChI is InChI=1S/C10H6Cl2N/c11-8-4-1-2-5-9(8)13-7-3-6-10(13)12/h1-6H. The van der Waals surface area contributed by atoms with Crippen LogP contribution in [0.5, 0.6) is 0 Å². The monoisotopic (exact) mass is 210 g/mol. The van der Waals surface area contributed by atoms with Crippen LogP contribution in [0.2, 0.25) is 10.2 Å². The third kappa shape index (κ3) is 1.58. The van der Waals surface area contributed by atoms with Crippen molar-refractivity contribution in [3.8, 4) is 5.69 Å². The van der Waals surface area contributed by atoms with E-state index in [2.05, 4.69) is 6.20 Å². The second-order valence-corrected chi connectivity index (χ2v) is 3.37. The van der Waals surface area contributed by atoms with Crippen molar-refractivity contribution >= 4 is 23.2 Å². The summed E-state index contributed by atoms with van der Waals surface area (Å²) in [5.41, 5.74) is 0.846. The van der Waals surface area contributed by atoms with Crippen LogP contribution in [0.4, 0.5) is 0 Å². The minimum Gasteiger partial charge on any atom is -0.297 e. The number of rotatable bonds is 1. The molecule has 0 saturated heterocycles. The second kappa shape index (κ2) is 3.44. The molecule has 0 bridgehead atoms. The third-order valence-electron chi connectivity index (χ3n) is 1.73. The number of nitrogens with zero attached hydrogens (tertiary/aromatic N) is 1. The summed E-state index contributed by atoms with van der Waals surface area (Å²) in [6.07, 6.45) is 2.96. The second-order valence-electron chi connectivity index (χ2n) is 2.57. The van der Waals surface area contributed by atoms with Gasteiger partial charge in [-0.2, -0.15) is 0 Å². The maximum atomic E-state index is 5.99. The Morgan fingerprint density at radius 3 is 2.46 bits per heavy atom. The van der Waals surface area contributed by atoms with Gasteiger partial charge >= 0.3 is 0 Å². The van der Waals surface area contributed by atoms with Crippen LogP contribution in [0.25, 0.3) is 5.69 Å². The molecule has 2 rings (SSSR count). The molecule has 0 fully saturated rings. The number of hydrogen-bond donors (Lipinski definition) is 0. The maximum absolute atomic E-state index is 5.99. The van der Waals surface area contributed by atoms with Gasteiger partial charge in [-0.05, 0) is 24.3 Å². The SMILES string of the molecule is Clc1ccccc1-n1[c]ccc1Cl. The quantitative estimate of drug-likeness (QED) is 0.679. The Morgan fingerprint density at radius 1 is 1.08 bits per heavy atom. The van der Waals surface area contributed by atoms with Gasteiger partial charge in [-0.1, -0.05) is 35.3 Å². The van der Waals surface area contributed by atoms with Gasteiger partial charge in [0.2, 0.25) is 0 Å². The van der Waals surface area contributed by atoms with E-state index in [0.717, 1.165) is 5.69 Å². The average Bonchev–Trinajstić information content (AvgIpc) is 2.52. The van der Waals surface area contributed by atoms with Crippen LogP contribution >= 0.6 is 23.2 Å². The highest BCUT2D eigenvalue weighted by atomic mass is 35.5. The first-order valence-corrected chi connectivity index (χ1v) is 4.54. The molecule has 2 aromatic rings. The lowest BCUT2D eigenvalue weighted by Crippen LogP contribution is -1.92. The fraction of sp³-hybridized carbons (Fsp3) is 0. The minimum atomic E-state index is 0.605. The van der Waals surface area contributed by atoms with Gasteiger partial charge in [-0.25, -0.2) is 0 Å². The lowest BCUT2D eigenvalue weighted by Gasteiger charge is -2.05. The van der Waals surface area contributed by atoms with Crippen molar-refractivity contribution in [3.63, 3.8) is 0 Å². The van der Waals surface area contributed by atoms with Gasteiger partial charge in [-0.15, -0.1) is 0 Å². The van der Waals surface area contributed by atoms with Crippen LogP contribution in [-0.4, -0.2) is 4.57 Å². The van der Waals surface area contributed by atoms with Gasteiger partial charge in [0.05, 0.1) is 16.9 Å². The van der Waals surface area contributed by atoms with Crippen LogP contribution < -0.4 is 0 Å². The highest BCUT2D eigenvalue weighted by Crippen LogP contribution is 2.23. The lowest BCUT2D eigenvalue weighted by molar-refractivity contribution is 1.07. The zero-order chi connectivity index (χ0) is 9.26. The highest BCUT2D eigenvalue weighted by molar-refractivity contribution is 6.33. The zero-order valence-corrected chi connectivity index (χ0v) is 8.18. The summed E-state index contributed by atoms with van der Waals surface area (Å²) in [7, 11) is 0. The molecule has 1 heterocycles. The molecule has 0 aliphatic rings. The van der Waals surface area contributed by atoms with Crippen LogP contribution in [0.15, 0.2) is 36.4 Å². The van der Waals surface area contributed by atoms with Crippen LogP contribution in [0, 0.1) is 6.20 Å². The zero-order valence-electron chi connectivity index (χ0n) is 6.67. The van der Waals surface area contributed by atoms with Crippen molar-refractivity contribution in [2.45, 2.75) is 0 Å². The van der Waals surface area contributed by atoms with Crippen LogP contribution in [0.1, 0.15) is 0 Å². The molecule has 0 aliphatic heterocycles. The summed E-state index contributed by atoms with van der Waals surface area (Å²) >= 11 is 11.9. The molecule has 1 nitrogen and oxygen atoms in total. The summed E-state index contributed by atoms with van der Waals surface area (Å²) in [6.45, 7) is 0.